The van der Waals surface area contributed by atoms with Crippen LogP contribution in [0.1, 0.15) is 16.0 Å². The van der Waals surface area contributed by atoms with E-state index in [-0.39, 0.29) is 24.8 Å². The van der Waals surface area contributed by atoms with Crippen LogP contribution in [0, 0.1) is 17.7 Å². The van der Waals surface area contributed by atoms with Crippen molar-refractivity contribution in [3.8, 4) is 11.8 Å². The number of carbonyl (C=O) groups excluding carboxylic acids is 1. The number of hydrogen-bond donors (Lipinski definition) is 2. The molecule has 0 bridgehead atoms. The zero-order chi connectivity index (χ0) is 15.1. The van der Waals surface area contributed by atoms with Gasteiger partial charge in [0.05, 0.1) is 13.0 Å². The van der Waals surface area contributed by atoms with Crippen LogP contribution in [0.4, 0.5) is 4.39 Å². The zero-order valence-electron chi connectivity index (χ0n) is 11.2. The van der Waals surface area contributed by atoms with Crippen LogP contribution >= 0.6 is 11.3 Å². The van der Waals surface area contributed by atoms with Gasteiger partial charge in [-0.2, -0.15) is 0 Å². The molecule has 2 rings (SSSR count). The van der Waals surface area contributed by atoms with Gasteiger partial charge in [-0.25, -0.2) is 4.39 Å². The average Bonchev–Trinajstić information content (AvgIpc) is 2.91. The summed E-state index contributed by atoms with van der Waals surface area (Å²) in [6, 6.07) is 7.88. The average molecular weight is 303 g/mol. The molecule has 2 aromatic rings. The number of carbonyl (C=O) groups is 1. The molecule has 1 aromatic heterocycles. The molecule has 1 aromatic carbocycles. The summed E-state index contributed by atoms with van der Waals surface area (Å²) in [5.74, 6) is 4.88. The Balaban J connectivity index is 1.85. The molecule has 0 atom stereocenters. The van der Waals surface area contributed by atoms with Crippen molar-refractivity contribution in [3.63, 3.8) is 0 Å². The lowest BCUT2D eigenvalue weighted by atomic mass is 10.1. The van der Waals surface area contributed by atoms with Crippen molar-refractivity contribution in [2.24, 2.45) is 0 Å². The first-order chi connectivity index (χ1) is 10.2. The molecular weight excluding hydrogens is 289 g/mol. The summed E-state index contributed by atoms with van der Waals surface area (Å²) in [4.78, 5) is 12.8. The molecule has 5 heteroatoms. The van der Waals surface area contributed by atoms with E-state index in [1.54, 1.807) is 12.1 Å². The Morgan fingerprint density at radius 1 is 1.38 bits per heavy atom. The van der Waals surface area contributed by atoms with Crippen molar-refractivity contribution >= 4 is 17.2 Å². The summed E-state index contributed by atoms with van der Waals surface area (Å²) < 4.78 is 13.0. The smallest absolute Gasteiger partial charge is 0.224 e. The summed E-state index contributed by atoms with van der Waals surface area (Å²) >= 11 is 1.49. The molecule has 21 heavy (non-hydrogen) atoms. The van der Waals surface area contributed by atoms with Crippen LogP contribution in [-0.2, 0) is 17.8 Å². The molecular formula is C16H14FNO2S. The molecule has 0 aliphatic carbocycles. The third-order valence-corrected chi connectivity index (χ3v) is 3.62. The normalized spacial score (nSPS) is 9.81. The number of nitrogens with one attached hydrogen (secondary N) is 1. The van der Waals surface area contributed by atoms with Gasteiger partial charge in [-0.05, 0) is 23.8 Å². The molecule has 108 valence electrons. The molecule has 0 aliphatic heterocycles. The molecule has 0 spiro atoms. The lowest BCUT2D eigenvalue weighted by Crippen LogP contribution is -2.24. The predicted molar refractivity (Wildman–Crippen MR) is 80.2 cm³/mol. The van der Waals surface area contributed by atoms with Gasteiger partial charge in [0.1, 0.15) is 12.4 Å². The van der Waals surface area contributed by atoms with Gasteiger partial charge in [0.2, 0.25) is 5.91 Å². The molecule has 2 N–H and O–H groups in total. The van der Waals surface area contributed by atoms with Crippen LogP contribution < -0.4 is 5.32 Å². The SMILES string of the molecule is O=C(Cc1cccc(F)c1)NCc1cc(C#CCO)cs1. The predicted octanol–water partition coefficient (Wildman–Crippen LogP) is 2.09. The van der Waals surface area contributed by atoms with Gasteiger partial charge < -0.3 is 10.4 Å². The third-order valence-electron chi connectivity index (χ3n) is 2.68. The van der Waals surface area contributed by atoms with E-state index < -0.39 is 0 Å². The van der Waals surface area contributed by atoms with Crippen LogP contribution in [0.2, 0.25) is 0 Å². The molecule has 0 fully saturated rings. The third kappa shape index (κ3) is 5.03. The van der Waals surface area contributed by atoms with Gasteiger partial charge in [-0.1, -0.05) is 24.0 Å². The maximum Gasteiger partial charge on any atom is 0.224 e. The molecule has 1 heterocycles. The van der Waals surface area contributed by atoms with Gasteiger partial charge in [0.25, 0.3) is 0 Å². The number of benzene rings is 1. The maximum atomic E-state index is 13.0. The Morgan fingerprint density at radius 2 is 2.24 bits per heavy atom. The van der Waals surface area contributed by atoms with Crippen molar-refractivity contribution < 1.29 is 14.3 Å². The van der Waals surface area contributed by atoms with Gasteiger partial charge in [0, 0.05) is 15.8 Å². The molecule has 0 saturated heterocycles. The first-order valence-corrected chi connectivity index (χ1v) is 7.23. The van der Waals surface area contributed by atoms with Crippen molar-refractivity contribution in [3.05, 3.63) is 57.5 Å². The van der Waals surface area contributed by atoms with Crippen LogP contribution in [0.5, 0.6) is 0 Å². The Kier molecular flexibility index (Phi) is 5.50. The van der Waals surface area contributed by atoms with Crippen molar-refractivity contribution in [1.82, 2.24) is 5.32 Å². The number of halogens is 1. The van der Waals surface area contributed by atoms with Crippen molar-refractivity contribution in [2.75, 3.05) is 6.61 Å². The second kappa shape index (κ2) is 7.58. The number of rotatable bonds is 4. The monoisotopic (exact) mass is 303 g/mol. The molecule has 0 saturated carbocycles. The van der Waals surface area contributed by atoms with E-state index >= 15 is 0 Å². The fourth-order valence-electron chi connectivity index (χ4n) is 1.76. The van der Waals surface area contributed by atoms with E-state index in [9.17, 15) is 9.18 Å². The van der Waals surface area contributed by atoms with Gasteiger partial charge in [0.15, 0.2) is 0 Å². The Bertz CT molecular complexity index is 685. The summed E-state index contributed by atoms with van der Waals surface area (Å²) in [5, 5.41) is 13.3. The van der Waals surface area contributed by atoms with Crippen molar-refractivity contribution in [2.45, 2.75) is 13.0 Å². The molecule has 0 aliphatic rings. The largest absolute Gasteiger partial charge is 0.384 e. The standard InChI is InChI=1S/C16H14FNO2S/c17-14-5-1-3-12(7-14)9-16(20)18-10-15-8-13(11-21-15)4-2-6-19/h1,3,5,7-8,11,19H,6,9-10H2,(H,18,20). The maximum absolute atomic E-state index is 13.0. The van der Waals surface area contributed by atoms with E-state index in [0.717, 1.165) is 10.4 Å². The number of aliphatic hydroxyl groups excluding tert-OH is 1. The fraction of sp³-hybridized carbons (Fsp3) is 0.188. The van der Waals surface area contributed by atoms with Crippen LogP contribution in [-0.4, -0.2) is 17.6 Å². The number of amides is 1. The van der Waals surface area contributed by atoms with E-state index in [0.29, 0.717) is 12.1 Å². The van der Waals surface area contributed by atoms with Gasteiger partial charge in [-0.3, -0.25) is 4.79 Å². The van der Waals surface area contributed by atoms with E-state index in [1.165, 1.54) is 23.5 Å². The van der Waals surface area contributed by atoms with Crippen LogP contribution in [0.15, 0.2) is 35.7 Å². The Labute approximate surface area is 126 Å². The Morgan fingerprint density at radius 3 is 3.00 bits per heavy atom. The number of aliphatic hydroxyl groups is 1. The first kappa shape index (κ1) is 15.2. The lowest BCUT2D eigenvalue weighted by molar-refractivity contribution is -0.120. The zero-order valence-corrected chi connectivity index (χ0v) is 12.0. The topological polar surface area (TPSA) is 49.3 Å². The second-order valence-electron chi connectivity index (χ2n) is 4.35. The highest BCUT2D eigenvalue weighted by Crippen LogP contribution is 2.13. The van der Waals surface area contributed by atoms with E-state index in [2.05, 4.69) is 17.2 Å². The van der Waals surface area contributed by atoms with Crippen molar-refractivity contribution in [1.29, 1.82) is 0 Å². The first-order valence-electron chi connectivity index (χ1n) is 6.35. The Hall–Kier alpha value is -2.16. The van der Waals surface area contributed by atoms with Crippen LogP contribution in [0.3, 0.4) is 0 Å². The second-order valence-corrected chi connectivity index (χ2v) is 5.34. The minimum Gasteiger partial charge on any atom is -0.384 e. The highest BCUT2D eigenvalue weighted by Gasteiger charge is 2.05. The molecule has 3 nitrogen and oxygen atoms in total. The summed E-state index contributed by atoms with van der Waals surface area (Å²) in [6.07, 6.45) is 0.153. The minimum atomic E-state index is -0.342. The lowest BCUT2D eigenvalue weighted by Gasteiger charge is -2.03. The van der Waals surface area contributed by atoms with Crippen LogP contribution in [0.25, 0.3) is 0 Å². The van der Waals surface area contributed by atoms with E-state index in [4.69, 9.17) is 5.11 Å². The van der Waals surface area contributed by atoms with Gasteiger partial charge in [-0.15, -0.1) is 11.3 Å². The van der Waals surface area contributed by atoms with E-state index in [1.807, 2.05) is 11.4 Å². The number of hydrogen-bond acceptors (Lipinski definition) is 3. The summed E-state index contributed by atoms with van der Waals surface area (Å²) in [5.41, 5.74) is 1.47. The van der Waals surface area contributed by atoms with Gasteiger partial charge >= 0.3 is 0 Å². The highest BCUT2D eigenvalue weighted by molar-refractivity contribution is 7.10. The number of thiophene rings is 1. The highest BCUT2D eigenvalue weighted by atomic mass is 32.1. The fourth-order valence-corrected chi connectivity index (χ4v) is 2.52. The molecule has 1 amide bonds. The quantitative estimate of drug-likeness (QED) is 0.850. The molecule has 0 unspecified atom stereocenters. The minimum absolute atomic E-state index is 0.153. The molecule has 0 radical (unpaired) electrons. The summed E-state index contributed by atoms with van der Waals surface area (Å²) in [7, 11) is 0. The summed E-state index contributed by atoms with van der Waals surface area (Å²) in [6.45, 7) is 0.245.